The summed E-state index contributed by atoms with van der Waals surface area (Å²) in [5.74, 6) is -0.496. The van der Waals surface area contributed by atoms with Crippen LogP contribution in [-0.4, -0.2) is 29.0 Å². The number of benzene rings is 2. The van der Waals surface area contributed by atoms with E-state index in [0.717, 1.165) is 24.3 Å². The number of para-hydroxylation sites is 1. The topological polar surface area (TPSA) is 72.1 Å². The molecule has 1 heterocycles. The van der Waals surface area contributed by atoms with Crippen molar-refractivity contribution in [1.82, 2.24) is 9.97 Å². The summed E-state index contributed by atoms with van der Waals surface area (Å²) in [6.45, 7) is 6.20. The molecular formula is C19H20N4O. The highest BCUT2D eigenvalue weighted by molar-refractivity contribution is 6.04. The first-order valence-corrected chi connectivity index (χ1v) is 8.05. The molecule has 0 atom stereocenters. The average Bonchev–Trinajstić information content (AvgIpc) is 2.62. The maximum atomic E-state index is 11.6. The number of hydrogen-bond acceptors (Lipinski definition) is 4. The highest BCUT2D eigenvalue weighted by atomic mass is 16.1. The van der Waals surface area contributed by atoms with Gasteiger partial charge in [0, 0.05) is 24.3 Å². The number of carbonyl (C=O) groups excluding carboxylic acids is 1. The molecule has 2 N–H and O–H groups in total. The third kappa shape index (κ3) is 2.93. The zero-order valence-corrected chi connectivity index (χ0v) is 13.9. The lowest BCUT2D eigenvalue weighted by atomic mass is 10.1. The van der Waals surface area contributed by atoms with Crippen LogP contribution in [0.5, 0.6) is 0 Å². The third-order valence-electron chi connectivity index (χ3n) is 4.13. The molecule has 3 aromatic rings. The van der Waals surface area contributed by atoms with Crippen molar-refractivity contribution in [1.29, 1.82) is 0 Å². The Morgan fingerprint density at radius 3 is 2.42 bits per heavy atom. The maximum Gasteiger partial charge on any atom is 0.250 e. The summed E-state index contributed by atoms with van der Waals surface area (Å²) in [4.78, 5) is 22.9. The molecule has 0 radical (unpaired) electrons. The van der Waals surface area contributed by atoms with E-state index < -0.39 is 5.91 Å². The van der Waals surface area contributed by atoms with Gasteiger partial charge in [-0.15, -0.1) is 0 Å². The highest BCUT2D eigenvalue weighted by Crippen LogP contribution is 2.24. The molecule has 24 heavy (non-hydrogen) atoms. The van der Waals surface area contributed by atoms with Crippen LogP contribution in [0.15, 0.2) is 48.7 Å². The molecule has 0 aliphatic heterocycles. The number of nitrogens with two attached hydrogens (primary N) is 1. The van der Waals surface area contributed by atoms with E-state index in [1.165, 1.54) is 5.69 Å². The molecule has 0 saturated heterocycles. The maximum absolute atomic E-state index is 11.6. The average molecular weight is 320 g/mol. The van der Waals surface area contributed by atoms with Crippen LogP contribution in [0.1, 0.15) is 24.2 Å². The van der Waals surface area contributed by atoms with E-state index in [4.69, 9.17) is 5.73 Å². The minimum Gasteiger partial charge on any atom is -0.372 e. The predicted molar refractivity (Wildman–Crippen MR) is 97.1 cm³/mol. The van der Waals surface area contributed by atoms with Crippen molar-refractivity contribution >= 4 is 22.6 Å². The smallest absolute Gasteiger partial charge is 0.250 e. The monoisotopic (exact) mass is 320 g/mol. The van der Waals surface area contributed by atoms with Gasteiger partial charge in [-0.3, -0.25) is 9.78 Å². The Balaban J connectivity index is 2.03. The molecule has 0 aliphatic rings. The lowest BCUT2D eigenvalue weighted by molar-refractivity contribution is 0.100. The fourth-order valence-corrected chi connectivity index (χ4v) is 2.80. The molecular weight excluding hydrogens is 300 g/mol. The van der Waals surface area contributed by atoms with Gasteiger partial charge in [-0.2, -0.15) is 0 Å². The predicted octanol–water partition coefficient (Wildman–Crippen LogP) is 3.24. The molecule has 1 aromatic heterocycles. The van der Waals surface area contributed by atoms with Crippen LogP contribution >= 0.6 is 0 Å². The molecule has 0 aliphatic carbocycles. The quantitative estimate of drug-likeness (QED) is 0.783. The molecule has 0 unspecified atom stereocenters. The number of rotatable bonds is 5. The number of hydrogen-bond donors (Lipinski definition) is 1. The number of amides is 1. The van der Waals surface area contributed by atoms with Crippen molar-refractivity contribution in [3.63, 3.8) is 0 Å². The molecule has 5 heteroatoms. The molecule has 0 spiro atoms. The molecule has 0 saturated carbocycles. The van der Waals surface area contributed by atoms with Crippen LogP contribution in [0.25, 0.3) is 22.3 Å². The number of anilines is 1. The van der Waals surface area contributed by atoms with Gasteiger partial charge in [0.2, 0.25) is 0 Å². The summed E-state index contributed by atoms with van der Waals surface area (Å²) in [6, 6.07) is 13.5. The minimum absolute atomic E-state index is 0.390. The van der Waals surface area contributed by atoms with Gasteiger partial charge < -0.3 is 10.6 Å². The van der Waals surface area contributed by atoms with Gasteiger partial charge in [-0.25, -0.2) is 4.98 Å². The Hall–Kier alpha value is -2.95. The molecule has 0 fully saturated rings. The van der Waals surface area contributed by atoms with Crippen molar-refractivity contribution in [2.24, 2.45) is 5.73 Å². The van der Waals surface area contributed by atoms with Crippen LogP contribution in [0.2, 0.25) is 0 Å². The normalized spacial score (nSPS) is 10.8. The molecule has 122 valence electrons. The molecule has 5 nitrogen and oxygen atoms in total. The Bertz CT molecular complexity index is 870. The molecule has 3 rings (SSSR count). The van der Waals surface area contributed by atoms with Crippen molar-refractivity contribution in [2.45, 2.75) is 13.8 Å². The lowest BCUT2D eigenvalue weighted by Crippen LogP contribution is -2.21. The first kappa shape index (κ1) is 15.9. The Morgan fingerprint density at radius 2 is 1.79 bits per heavy atom. The van der Waals surface area contributed by atoms with Crippen LogP contribution in [0.4, 0.5) is 5.69 Å². The van der Waals surface area contributed by atoms with E-state index in [1.54, 1.807) is 18.3 Å². The fraction of sp³-hybridized carbons (Fsp3) is 0.211. The number of fused-ring (bicyclic) bond motifs is 1. The van der Waals surface area contributed by atoms with Crippen molar-refractivity contribution in [2.75, 3.05) is 18.0 Å². The van der Waals surface area contributed by atoms with Gasteiger partial charge in [0.25, 0.3) is 5.91 Å². The number of aromatic nitrogens is 2. The van der Waals surface area contributed by atoms with Gasteiger partial charge in [0.05, 0.1) is 23.0 Å². The van der Waals surface area contributed by atoms with E-state index in [-0.39, 0.29) is 0 Å². The first-order valence-electron chi connectivity index (χ1n) is 8.05. The molecule has 0 bridgehead atoms. The van der Waals surface area contributed by atoms with Crippen LogP contribution in [0, 0.1) is 0 Å². The van der Waals surface area contributed by atoms with Crippen molar-refractivity contribution in [3.8, 4) is 11.3 Å². The fourth-order valence-electron chi connectivity index (χ4n) is 2.80. The van der Waals surface area contributed by atoms with Crippen molar-refractivity contribution < 1.29 is 4.79 Å². The second kappa shape index (κ2) is 6.66. The Kier molecular flexibility index (Phi) is 4.42. The van der Waals surface area contributed by atoms with Gasteiger partial charge in [0.15, 0.2) is 0 Å². The number of carbonyl (C=O) groups is 1. The standard InChI is InChI=1S/C19H20N4O/c1-3-23(4-2)14-10-8-13(9-11-14)17-12-21-16-7-5-6-15(19(20)24)18(16)22-17/h5-12H,3-4H2,1-2H3,(H2,20,24). The zero-order chi connectivity index (χ0) is 17.1. The Labute approximate surface area is 141 Å². The van der Waals surface area contributed by atoms with E-state index in [9.17, 15) is 4.79 Å². The zero-order valence-electron chi connectivity index (χ0n) is 13.9. The minimum atomic E-state index is -0.496. The van der Waals surface area contributed by atoms with E-state index in [1.807, 2.05) is 18.2 Å². The van der Waals surface area contributed by atoms with Crippen LogP contribution in [0.3, 0.4) is 0 Å². The first-order chi connectivity index (χ1) is 11.6. The summed E-state index contributed by atoms with van der Waals surface area (Å²) in [6.07, 6.45) is 1.72. The summed E-state index contributed by atoms with van der Waals surface area (Å²) in [7, 11) is 0. The second-order valence-corrected chi connectivity index (χ2v) is 5.51. The summed E-state index contributed by atoms with van der Waals surface area (Å²) in [5.41, 5.74) is 9.89. The summed E-state index contributed by atoms with van der Waals surface area (Å²) in [5, 5.41) is 0. The lowest BCUT2D eigenvalue weighted by Gasteiger charge is -2.21. The summed E-state index contributed by atoms with van der Waals surface area (Å²) < 4.78 is 0. The largest absolute Gasteiger partial charge is 0.372 e. The van der Waals surface area contributed by atoms with Gasteiger partial charge in [-0.05, 0) is 38.1 Å². The third-order valence-corrected chi connectivity index (χ3v) is 4.13. The number of nitrogens with zero attached hydrogens (tertiary/aromatic N) is 3. The Morgan fingerprint density at radius 1 is 1.08 bits per heavy atom. The van der Waals surface area contributed by atoms with Gasteiger partial charge in [0.1, 0.15) is 5.52 Å². The van der Waals surface area contributed by atoms with Crippen LogP contribution in [-0.2, 0) is 0 Å². The van der Waals surface area contributed by atoms with E-state index >= 15 is 0 Å². The van der Waals surface area contributed by atoms with Crippen molar-refractivity contribution in [3.05, 3.63) is 54.2 Å². The molecule has 1 amide bonds. The molecule has 2 aromatic carbocycles. The van der Waals surface area contributed by atoms with E-state index in [0.29, 0.717) is 16.6 Å². The highest BCUT2D eigenvalue weighted by Gasteiger charge is 2.10. The van der Waals surface area contributed by atoms with Gasteiger partial charge >= 0.3 is 0 Å². The second-order valence-electron chi connectivity index (χ2n) is 5.51. The number of primary amides is 1. The van der Waals surface area contributed by atoms with Gasteiger partial charge in [-0.1, -0.05) is 18.2 Å². The van der Waals surface area contributed by atoms with E-state index in [2.05, 4.69) is 40.8 Å². The van der Waals surface area contributed by atoms with Crippen LogP contribution < -0.4 is 10.6 Å². The SMILES string of the molecule is CCN(CC)c1ccc(-c2cnc3cccc(C(N)=O)c3n2)cc1. The summed E-state index contributed by atoms with van der Waals surface area (Å²) >= 11 is 0.